The molecule has 0 amide bonds. The molecule has 1 atom stereocenters. The zero-order chi connectivity index (χ0) is 12.0. The minimum absolute atomic E-state index is 0.242. The molecule has 0 aliphatic rings. The van der Waals surface area contributed by atoms with Gasteiger partial charge in [-0.05, 0) is 6.07 Å². The molecule has 3 N–H and O–H groups in total. The van der Waals surface area contributed by atoms with Crippen LogP contribution in [0.3, 0.4) is 0 Å². The number of hydrogen-bond acceptors (Lipinski definition) is 3. The van der Waals surface area contributed by atoms with Crippen molar-refractivity contribution in [3.8, 4) is 0 Å². The highest BCUT2D eigenvalue weighted by Crippen LogP contribution is 2.17. The highest BCUT2D eigenvalue weighted by atomic mass is 19.1. The highest BCUT2D eigenvalue weighted by molar-refractivity contribution is 5.22. The molecule has 0 aromatic heterocycles. The van der Waals surface area contributed by atoms with Gasteiger partial charge in [-0.2, -0.15) is 0 Å². The van der Waals surface area contributed by atoms with Crippen LogP contribution in [-0.2, 0) is 4.74 Å². The molecule has 90 valence electrons. The van der Waals surface area contributed by atoms with E-state index in [1.165, 1.54) is 12.1 Å². The second-order valence-electron chi connectivity index (χ2n) is 3.40. The molecule has 0 fully saturated rings. The van der Waals surface area contributed by atoms with Gasteiger partial charge in [0, 0.05) is 37.9 Å². The van der Waals surface area contributed by atoms with Gasteiger partial charge in [0.25, 0.3) is 0 Å². The van der Waals surface area contributed by atoms with Crippen molar-refractivity contribution in [1.82, 2.24) is 5.32 Å². The van der Waals surface area contributed by atoms with Crippen LogP contribution in [0.1, 0.15) is 11.6 Å². The second-order valence-corrected chi connectivity index (χ2v) is 3.40. The number of rotatable bonds is 6. The van der Waals surface area contributed by atoms with E-state index >= 15 is 0 Å². The van der Waals surface area contributed by atoms with Crippen LogP contribution in [-0.4, -0.2) is 26.8 Å². The lowest BCUT2D eigenvalue weighted by molar-refractivity contribution is 0.195. The third kappa shape index (κ3) is 3.52. The van der Waals surface area contributed by atoms with Gasteiger partial charge in [-0.3, -0.25) is 0 Å². The van der Waals surface area contributed by atoms with Gasteiger partial charge in [0.15, 0.2) is 0 Å². The van der Waals surface area contributed by atoms with E-state index in [9.17, 15) is 8.78 Å². The van der Waals surface area contributed by atoms with E-state index in [2.05, 4.69) is 5.32 Å². The molecule has 0 aliphatic carbocycles. The van der Waals surface area contributed by atoms with Crippen molar-refractivity contribution in [3.05, 3.63) is 35.4 Å². The van der Waals surface area contributed by atoms with Gasteiger partial charge in [-0.1, -0.05) is 6.07 Å². The Morgan fingerprint density at radius 2 is 2.19 bits per heavy atom. The van der Waals surface area contributed by atoms with Crippen molar-refractivity contribution in [3.63, 3.8) is 0 Å². The Bertz CT molecular complexity index is 334. The lowest BCUT2D eigenvalue weighted by atomic mass is 10.1. The van der Waals surface area contributed by atoms with E-state index in [0.29, 0.717) is 18.7 Å². The number of ether oxygens (including phenoxy) is 1. The normalized spacial score (nSPS) is 12.8. The number of methoxy groups -OCH3 is 1. The fourth-order valence-electron chi connectivity index (χ4n) is 1.44. The van der Waals surface area contributed by atoms with E-state index in [0.717, 1.165) is 6.07 Å². The summed E-state index contributed by atoms with van der Waals surface area (Å²) in [4.78, 5) is 0. The van der Waals surface area contributed by atoms with Gasteiger partial charge < -0.3 is 15.8 Å². The number of halogens is 2. The Balaban J connectivity index is 2.70. The van der Waals surface area contributed by atoms with Gasteiger partial charge in [0.2, 0.25) is 0 Å². The van der Waals surface area contributed by atoms with Crippen molar-refractivity contribution in [2.45, 2.75) is 6.04 Å². The Hall–Kier alpha value is -1.04. The van der Waals surface area contributed by atoms with Gasteiger partial charge >= 0.3 is 0 Å². The standard InChI is InChI=1S/C11H16F2N2O/c1-16-5-4-15-11(7-14)9-3-2-8(12)6-10(9)13/h2-3,6,11,15H,4-5,7,14H2,1H3. The van der Waals surface area contributed by atoms with Crippen LogP contribution < -0.4 is 11.1 Å². The molecule has 16 heavy (non-hydrogen) atoms. The maximum Gasteiger partial charge on any atom is 0.130 e. The van der Waals surface area contributed by atoms with Crippen LogP contribution in [0, 0.1) is 11.6 Å². The molecule has 0 radical (unpaired) electrons. The molecular formula is C11H16F2N2O. The largest absolute Gasteiger partial charge is 0.383 e. The minimum atomic E-state index is -0.589. The molecule has 0 saturated heterocycles. The molecule has 0 bridgehead atoms. The summed E-state index contributed by atoms with van der Waals surface area (Å²) in [5.74, 6) is -1.17. The lowest BCUT2D eigenvalue weighted by Gasteiger charge is -2.17. The SMILES string of the molecule is COCCNC(CN)c1ccc(F)cc1F. The number of benzene rings is 1. The third-order valence-corrected chi connectivity index (χ3v) is 2.27. The van der Waals surface area contributed by atoms with E-state index in [4.69, 9.17) is 10.5 Å². The quantitative estimate of drug-likeness (QED) is 0.722. The van der Waals surface area contributed by atoms with Crippen LogP contribution in [0.15, 0.2) is 18.2 Å². The number of nitrogens with one attached hydrogen (secondary N) is 1. The molecule has 0 aliphatic heterocycles. The number of hydrogen-bond donors (Lipinski definition) is 2. The fraction of sp³-hybridized carbons (Fsp3) is 0.455. The fourth-order valence-corrected chi connectivity index (χ4v) is 1.44. The molecule has 1 unspecified atom stereocenters. The van der Waals surface area contributed by atoms with Crippen LogP contribution in [0.5, 0.6) is 0 Å². The zero-order valence-corrected chi connectivity index (χ0v) is 9.17. The van der Waals surface area contributed by atoms with Crippen LogP contribution in [0.25, 0.3) is 0 Å². The molecule has 5 heteroatoms. The van der Waals surface area contributed by atoms with Crippen LogP contribution in [0.2, 0.25) is 0 Å². The zero-order valence-electron chi connectivity index (χ0n) is 9.17. The summed E-state index contributed by atoms with van der Waals surface area (Å²) >= 11 is 0. The van der Waals surface area contributed by atoms with Crippen LogP contribution in [0.4, 0.5) is 8.78 Å². The van der Waals surface area contributed by atoms with Crippen molar-refractivity contribution in [2.75, 3.05) is 26.8 Å². The predicted molar refractivity (Wildman–Crippen MR) is 58.0 cm³/mol. The first kappa shape index (κ1) is 13.0. The molecular weight excluding hydrogens is 214 g/mol. The number of nitrogens with two attached hydrogens (primary N) is 1. The van der Waals surface area contributed by atoms with Crippen molar-refractivity contribution >= 4 is 0 Å². The van der Waals surface area contributed by atoms with E-state index < -0.39 is 11.6 Å². The summed E-state index contributed by atoms with van der Waals surface area (Å²) in [6.45, 7) is 1.32. The molecule has 3 nitrogen and oxygen atoms in total. The predicted octanol–water partition coefficient (Wildman–Crippen LogP) is 1.20. The van der Waals surface area contributed by atoms with Gasteiger partial charge in [0.1, 0.15) is 11.6 Å². The summed E-state index contributed by atoms with van der Waals surface area (Å²) in [7, 11) is 1.58. The molecule has 1 rings (SSSR count). The van der Waals surface area contributed by atoms with E-state index in [-0.39, 0.29) is 12.6 Å². The van der Waals surface area contributed by atoms with Crippen LogP contribution >= 0.6 is 0 Å². The second kappa shape index (κ2) is 6.52. The van der Waals surface area contributed by atoms with Gasteiger partial charge in [-0.15, -0.1) is 0 Å². The Labute approximate surface area is 93.6 Å². The maximum absolute atomic E-state index is 13.4. The average molecular weight is 230 g/mol. The highest BCUT2D eigenvalue weighted by Gasteiger charge is 2.13. The van der Waals surface area contributed by atoms with E-state index in [1.807, 2.05) is 0 Å². The Kier molecular flexibility index (Phi) is 5.31. The monoisotopic (exact) mass is 230 g/mol. The smallest absolute Gasteiger partial charge is 0.130 e. The van der Waals surface area contributed by atoms with Gasteiger partial charge in [0.05, 0.1) is 6.61 Å². The van der Waals surface area contributed by atoms with E-state index in [1.54, 1.807) is 7.11 Å². The first-order chi connectivity index (χ1) is 7.69. The molecule has 0 saturated carbocycles. The first-order valence-electron chi connectivity index (χ1n) is 5.06. The molecule has 0 spiro atoms. The lowest BCUT2D eigenvalue weighted by Crippen LogP contribution is -2.31. The Morgan fingerprint density at radius 1 is 1.44 bits per heavy atom. The molecule has 1 aromatic carbocycles. The average Bonchev–Trinajstić information content (AvgIpc) is 2.26. The third-order valence-electron chi connectivity index (χ3n) is 2.27. The minimum Gasteiger partial charge on any atom is -0.383 e. The summed E-state index contributed by atoms with van der Waals surface area (Å²) in [5.41, 5.74) is 5.91. The summed E-state index contributed by atoms with van der Waals surface area (Å²) < 4.78 is 31.0. The van der Waals surface area contributed by atoms with Crippen molar-refractivity contribution < 1.29 is 13.5 Å². The van der Waals surface area contributed by atoms with Crippen molar-refractivity contribution in [1.29, 1.82) is 0 Å². The molecule has 1 aromatic rings. The van der Waals surface area contributed by atoms with Gasteiger partial charge in [-0.25, -0.2) is 8.78 Å². The first-order valence-corrected chi connectivity index (χ1v) is 5.06. The summed E-state index contributed by atoms with van der Waals surface area (Å²) in [6, 6.07) is 3.16. The molecule has 0 heterocycles. The van der Waals surface area contributed by atoms with Crippen molar-refractivity contribution in [2.24, 2.45) is 5.73 Å². The topological polar surface area (TPSA) is 47.3 Å². The maximum atomic E-state index is 13.4. The summed E-state index contributed by atoms with van der Waals surface area (Å²) in [5, 5.41) is 3.03. The summed E-state index contributed by atoms with van der Waals surface area (Å²) in [6.07, 6.45) is 0. The Morgan fingerprint density at radius 3 is 2.75 bits per heavy atom.